The second-order valence-electron chi connectivity index (χ2n) is 3.20. The van der Waals surface area contributed by atoms with Gasteiger partial charge in [-0.05, 0) is 12.8 Å². The van der Waals surface area contributed by atoms with Gasteiger partial charge in [0.05, 0.1) is 5.69 Å². The smallest absolute Gasteiger partial charge is 0.151 e. The Kier molecular flexibility index (Phi) is 2.58. The Morgan fingerprint density at radius 2 is 2.33 bits per heavy atom. The van der Waals surface area contributed by atoms with Crippen molar-refractivity contribution < 1.29 is 4.79 Å². The van der Waals surface area contributed by atoms with Crippen molar-refractivity contribution in [2.75, 3.05) is 0 Å². The van der Waals surface area contributed by atoms with Crippen LogP contribution in [0.15, 0.2) is 6.20 Å². The number of nitrogens with zero attached hydrogens (tertiary/aromatic N) is 3. The highest BCUT2D eigenvalue weighted by Gasteiger charge is 2.05. The first-order valence-corrected chi connectivity index (χ1v) is 3.99. The molecule has 0 spiro atoms. The van der Waals surface area contributed by atoms with Gasteiger partial charge < -0.3 is 0 Å². The van der Waals surface area contributed by atoms with Gasteiger partial charge in [-0.15, -0.1) is 5.10 Å². The molecule has 0 aliphatic carbocycles. The molecular formula is C8H13N3O. The maximum atomic E-state index is 10.7. The minimum Gasteiger partial charge on any atom is -0.298 e. The van der Waals surface area contributed by atoms with Crippen molar-refractivity contribution in [3.63, 3.8) is 0 Å². The van der Waals surface area contributed by atoms with E-state index in [0.29, 0.717) is 12.5 Å². The van der Waals surface area contributed by atoms with Gasteiger partial charge in [-0.1, -0.05) is 19.1 Å². The van der Waals surface area contributed by atoms with Crippen LogP contribution in [-0.4, -0.2) is 20.8 Å². The molecule has 0 amide bonds. The molecule has 0 aromatic carbocycles. The summed E-state index contributed by atoms with van der Waals surface area (Å²) in [5, 5.41) is 7.75. The average Bonchev–Trinajstić information content (AvgIpc) is 2.34. The molecule has 0 atom stereocenters. The Bertz CT molecular complexity index is 278. The van der Waals surface area contributed by atoms with Crippen LogP contribution in [0, 0.1) is 0 Å². The van der Waals surface area contributed by atoms with Crippen LogP contribution in [0.4, 0.5) is 0 Å². The Morgan fingerprint density at radius 1 is 1.67 bits per heavy atom. The molecule has 0 bridgehead atoms. The number of carbonyl (C=O) groups is 1. The third-order valence-electron chi connectivity index (χ3n) is 1.53. The molecule has 0 unspecified atom stereocenters. The quantitative estimate of drug-likeness (QED) is 0.674. The van der Waals surface area contributed by atoms with E-state index >= 15 is 0 Å². The van der Waals surface area contributed by atoms with Gasteiger partial charge in [0.1, 0.15) is 6.54 Å². The van der Waals surface area contributed by atoms with Crippen LogP contribution in [-0.2, 0) is 11.3 Å². The van der Waals surface area contributed by atoms with Gasteiger partial charge in [0.2, 0.25) is 0 Å². The Hall–Kier alpha value is -1.19. The molecule has 0 aliphatic heterocycles. The Labute approximate surface area is 71.6 Å². The predicted molar refractivity (Wildman–Crippen MR) is 44.8 cm³/mol. The summed E-state index contributed by atoms with van der Waals surface area (Å²) >= 11 is 0. The van der Waals surface area contributed by atoms with Crippen molar-refractivity contribution in [1.29, 1.82) is 0 Å². The molecule has 0 aliphatic rings. The zero-order valence-electron chi connectivity index (χ0n) is 7.61. The first-order valence-electron chi connectivity index (χ1n) is 3.99. The standard InChI is InChI=1S/C8H13N3O/c1-6(2)8-5-11(10-9-8)4-7(3)12/h5-6H,4H2,1-3H3. The van der Waals surface area contributed by atoms with E-state index in [9.17, 15) is 4.79 Å². The number of aromatic nitrogens is 3. The molecule has 4 nitrogen and oxygen atoms in total. The van der Waals surface area contributed by atoms with Crippen LogP contribution in [0.5, 0.6) is 0 Å². The van der Waals surface area contributed by atoms with Gasteiger partial charge in [0, 0.05) is 6.20 Å². The number of rotatable bonds is 3. The topological polar surface area (TPSA) is 47.8 Å². The molecule has 66 valence electrons. The van der Waals surface area contributed by atoms with Crippen molar-refractivity contribution >= 4 is 5.78 Å². The summed E-state index contributed by atoms with van der Waals surface area (Å²) in [6.45, 7) is 5.95. The predicted octanol–water partition coefficient (Wildman–Crippen LogP) is 0.990. The summed E-state index contributed by atoms with van der Waals surface area (Å²) in [5.41, 5.74) is 0.927. The highest BCUT2D eigenvalue weighted by Crippen LogP contribution is 2.08. The fourth-order valence-corrected chi connectivity index (χ4v) is 0.883. The third kappa shape index (κ3) is 2.15. The summed E-state index contributed by atoms with van der Waals surface area (Å²) in [5.74, 6) is 0.459. The van der Waals surface area contributed by atoms with E-state index in [1.165, 1.54) is 6.92 Å². The summed E-state index contributed by atoms with van der Waals surface area (Å²) in [4.78, 5) is 10.7. The molecule has 1 rings (SSSR count). The number of ketones is 1. The van der Waals surface area contributed by atoms with Gasteiger partial charge in [-0.3, -0.25) is 4.79 Å². The third-order valence-corrected chi connectivity index (χ3v) is 1.53. The molecule has 4 heteroatoms. The first kappa shape index (κ1) is 8.90. The van der Waals surface area contributed by atoms with Crippen molar-refractivity contribution in [3.05, 3.63) is 11.9 Å². The van der Waals surface area contributed by atoms with Gasteiger partial charge >= 0.3 is 0 Å². The van der Waals surface area contributed by atoms with Crippen LogP contribution in [0.25, 0.3) is 0 Å². The maximum absolute atomic E-state index is 10.7. The average molecular weight is 167 g/mol. The Morgan fingerprint density at radius 3 is 2.75 bits per heavy atom. The number of carbonyl (C=O) groups excluding carboxylic acids is 1. The van der Waals surface area contributed by atoms with Gasteiger partial charge in [0.25, 0.3) is 0 Å². The number of Topliss-reactive ketones (excluding diaryl/α,β-unsaturated/α-hetero) is 1. The van der Waals surface area contributed by atoms with E-state index in [-0.39, 0.29) is 5.78 Å². The highest BCUT2D eigenvalue weighted by atomic mass is 16.1. The van der Waals surface area contributed by atoms with Crippen LogP contribution in [0.1, 0.15) is 32.4 Å². The lowest BCUT2D eigenvalue weighted by Crippen LogP contribution is -2.06. The molecular weight excluding hydrogens is 154 g/mol. The monoisotopic (exact) mass is 167 g/mol. The molecule has 0 saturated carbocycles. The fraction of sp³-hybridized carbons (Fsp3) is 0.625. The summed E-state index contributed by atoms with van der Waals surface area (Å²) < 4.78 is 1.57. The van der Waals surface area contributed by atoms with Crippen molar-refractivity contribution in [1.82, 2.24) is 15.0 Å². The van der Waals surface area contributed by atoms with Crippen molar-refractivity contribution in [3.8, 4) is 0 Å². The SMILES string of the molecule is CC(=O)Cn1cc(C(C)C)nn1. The number of hydrogen-bond donors (Lipinski definition) is 0. The summed E-state index contributed by atoms with van der Waals surface area (Å²) in [6.07, 6.45) is 1.81. The Balaban J connectivity index is 2.70. The lowest BCUT2D eigenvalue weighted by molar-refractivity contribution is -0.117. The van der Waals surface area contributed by atoms with E-state index in [2.05, 4.69) is 10.3 Å². The normalized spacial score (nSPS) is 10.7. The van der Waals surface area contributed by atoms with Crippen LogP contribution in [0.3, 0.4) is 0 Å². The van der Waals surface area contributed by atoms with Gasteiger partial charge in [-0.2, -0.15) is 0 Å². The fourth-order valence-electron chi connectivity index (χ4n) is 0.883. The lowest BCUT2D eigenvalue weighted by Gasteiger charge is -1.95. The molecule has 1 aromatic rings. The summed E-state index contributed by atoms with van der Waals surface area (Å²) in [6, 6.07) is 0. The molecule has 0 fully saturated rings. The van der Waals surface area contributed by atoms with Crippen LogP contribution in [0.2, 0.25) is 0 Å². The van der Waals surface area contributed by atoms with E-state index in [1.807, 2.05) is 20.0 Å². The molecule has 12 heavy (non-hydrogen) atoms. The highest BCUT2D eigenvalue weighted by molar-refractivity contribution is 5.75. The second kappa shape index (κ2) is 3.47. The van der Waals surface area contributed by atoms with Crippen molar-refractivity contribution in [2.24, 2.45) is 0 Å². The molecule has 0 radical (unpaired) electrons. The summed E-state index contributed by atoms with van der Waals surface area (Å²) in [7, 11) is 0. The van der Waals surface area contributed by atoms with Gasteiger partial charge in [0.15, 0.2) is 5.78 Å². The van der Waals surface area contributed by atoms with E-state index in [4.69, 9.17) is 0 Å². The second-order valence-corrected chi connectivity index (χ2v) is 3.20. The van der Waals surface area contributed by atoms with E-state index in [1.54, 1.807) is 4.68 Å². The molecule has 0 N–H and O–H groups in total. The lowest BCUT2D eigenvalue weighted by atomic mass is 10.2. The zero-order valence-corrected chi connectivity index (χ0v) is 7.61. The van der Waals surface area contributed by atoms with Crippen molar-refractivity contribution in [2.45, 2.75) is 33.2 Å². The first-order chi connectivity index (χ1) is 5.59. The van der Waals surface area contributed by atoms with Crippen LogP contribution >= 0.6 is 0 Å². The van der Waals surface area contributed by atoms with Crippen LogP contribution < -0.4 is 0 Å². The molecule has 1 heterocycles. The molecule has 0 saturated heterocycles. The number of hydrogen-bond acceptors (Lipinski definition) is 3. The van der Waals surface area contributed by atoms with Gasteiger partial charge in [-0.25, -0.2) is 4.68 Å². The minimum atomic E-state index is 0.0928. The largest absolute Gasteiger partial charge is 0.298 e. The van der Waals surface area contributed by atoms with E-state index < -0.39 is 0 Å². The maximum Gasteiger partial charge on any atom is 0.151 e. The minimum absolute atomic E-state index is 0.0928. The van der Waals surface area contributed by atoms with E-state index in [0.717, 1.165) is 5.69 Å². The zero-order chi connectivity index (χ0) is 9.14. The molecule has 1 aromatic heterocycles.